The molecule has 1 aliphatic heterocycles. The summed E-state index contributed by atoms with van der Waals surface area (Å²) >= 11 is 0. The van der Waals surface area contributed by atoms with Gasteiger partial charge in [-0.3, -0.25) is 9.78 Å². The molecule has 0 spiro atoms. The number of hydrogen-bond acceptors (Lipinski definition) is 3. The highest BCUT2D eigenvalue weighted by molar-refractivity contribution is 5.90. The number of ether oxygens (including phenoxy) is 1. The third-order valence-corrected chi connectivity index (χ3v) is 5.61. The van der Waals surface area contributed by atoms with Gasteiger partial charge in [-0.15, -0.1) is 0 Å². The van der Waals surface area contributed by atoms with Crippen molar-refractivity contribution in [3.05, 3.63) is 84.6 Å². The monoisotopic (exact) mass is 382 g/mol. The fraction of sp³-hybridized carbons (Fsp3) is 0.200. The SMILES string of the molecule is O=C(Cc1cccc2ccccc12)N1CCC(Oc2cccc3cccnc23)C1. The van der Waals surface area contributed by atoms with Crippen molar-refractivity contribution < 1.29 is 9.53 Å². The summed E-state index contributed by atoms with van der Waals surface area (Å²) in [6.07, 6.45) is 3.04. The third kappa shape index (κ3) is 3.54. The number of nitrogens with zero attached hydrogens (tertiary/aromatic N) is 2. The summed E-state index contributed by atoms with van der Waals surface area (Å²) in [6.45, 7) is 1.35. The van der Waals surface area contributed by atoms with E-state index in [0.29, 0.717) is 13.0 Å². The van der Waals surface area contributed by atoms with Crippen LogP contribution in [0.3, 0.4) is 0 Å². The summed E-state index contributed by atoms with van der Waals surface area (Å²) in [5, 5.41) is 3.38. The standard InChI is InChI=1S/C25H22N2O2/c28-24(16-20-9-3-7-18-6-1-2-11-22(18)20)27-15-13-21(17-27)29-23-12-4-8-19-10-5-14-26-25(19)23/h1-12,14,21H,13,15-17H2. The summed E-state index contributed by atoms with van der Waals surface area (Å²) in [6, 6.07) is 24.3. The van der Waals surface area contributed by atoms with E-state index in [4.69, 9.17) is 4.74 Å². The number of likely N-dealkylation sites (tertiary alicyclic amines) is 1. The molecule has 1 saturated heterocycles. The molecule has 29 heavy (non-hydrogen) atoms. The van der Waals surface area contributed by atoms with Crippen LogP contribution >= 0.6 is 0 Å². The van der Waals surface area contributed by atoms with Crippen LogP contribution < -0.4 is 4.74 Å². The molecule has 2 heterocycles. The van der Waals surface area contributed by atoms with E-state index in [-0.39, 0.29) is 12.0 Å². The molecule has 0 saturated carbocycles. The number of pyridine rings is 1. The van der Waals surface area contributed by atoms with Gasteiger partial charge in [0.05, 0.1) is 13.0 Å². The van der Waals surface area contributed by atoms with E-state index >= 15 is 0 Å². The second-order valence-electron chi connectivity index (χ2n) is 7.51. The van der Waals surface area contributed by atoms with E-state index in [0.717, 1.165) is 40.6 Å². The van der Waals surface area contributed by atoms with Gasteiger partial charge in [0.1, 0.15) is 17.4 Å². The molecule has 1 aromatic heterocycles. The molecule has 0 N–H and O–H groups in total. The highest BCUT2D eigenvalue weighted by atomic mass is 16.5. The Hall–Kier alpha value is -3.40. The lowest BCUT2D eigenvalue weighted by Gasteiger charge is -2.18. The highest BCUT2D eigenvalue weighted by Gasteiger charge is 2.28. The lowest BCUT2D eigenvalue weighted by Crippen LogP contribution is -2.32. The molecule has 4 heteroatoms. The minimum atomic E-state index is -0.000858. The van der Waals surface area contributed by atoms with Crippen molar-refractivity contribution in [2.45, 2.75) is 18.9 Å². The minimum Gasteiger partial charge on any atom is -0.486 e. The molecule has 144 valence electrons. The summed E-state index contributed by atoms with van der Waals surface area (Å²) < 4.78 is 6.23. The number of aromatic nitrogens is 1. The molecule has 1 aliphatic rings. The number of amides is 1. The first-order valence-corrected chi connectivity index (χ1v) is 10.0. The zero-order chi connectivity index (χ0) is 19.6. The fourth-order valence-corrected chi connectivity index (χ4v) is 4.12. The van der Waals surface area contributed by atoms with Gasteiger partial charge in [0, 0.05) is 24.5 Å². The molecule has 1 fully saturated rings. The van der Waals surface area contributed by atoms with Crippen LogP contribution in [0.5, 0.6) is 5.75 Å². The van der Waals surface area contributed by atoms with E-state index in [1.54, 1.807) is 6.20 Å². The summed E-state index contributed by atoms with van der Waals surface area (Å²) in [4.78, 5) is 19.3. The number of para-hydroxylation sites is 1. The number of benzene rings is 3. The average Bonchev–Trinajstić information content (AvgIpc) is 3.23. The second kappa shape index (κ2) is 7.55. The Morgan fingerprint density at radius 1 is 0.966 bits per heavy atom. The van der Waals surface area contributed by atoms with Gasteiger partial charge in [0.2, 0.25) is 5.91 Å². The van der Waals surface area contributed by atoms with Gasteiger partial charge in [0.25, 0.3) is 0 Å². The second-order valence-corrected chi connectivity index (χ2v) is 7.51. The van der Waals surface area contributed by atoms with Gasteiger partial charge in [-0.2, -0.15) is 0 Å². The summed E-state index contributed by atoms with van der Waals surface area (Å²) in [5.74, 6) is 0.944. The summed E-state index contributed by atoms with van der Waals surface area (Å²) in [5.41, 5.74) is 1.95. The van der Waals surface area contributed by atoms with Gasteiger partial charge in [0.15, 0.2) is 0 Å². The Bertz CT molecular complexity index is 1180. The first-order valence-electron chi connectivity index (χ1n) is 10.0. The Morgan fingerprint density at radius 2 is 1.76 bits per heavy atom. The maximum atomic E-state index is 12.9. The van der Waals surface area contributed by atoms with Crippen LogP contribution in [-0.2, 0) is 11.2 Å². The van der Waals surface area contributed by atoms with Gasteiger partial charge in [-0.05, 0) is 28.5 Å². The zero-order valence-corrected chi connectivity index (χ0v) is 16.1. The molecule has 0 radical (unpaired) electrons. The predicted molar refractivity (Wildman–Crippen MR) is 115 cm³/mol. The first kappa shape index (κ1) is 17.7. The van der Waals surface area contributed by atoms with Crippen molar-refractivity contribution in [2.75, 3.05) is 13.1 Å². The molecular formula is C25H22N2O2. The van der Waals surface area contributed by atoms with E-state index in [2.05, 4.69) is 23.2 Å². The maximum Gasteiger partial charge on any atom is 0.227 e. The molecule has 3 aromatic carbocycles. The largest absolute Gasteiger partial charge is 0.486 e. The Balaban J connectivity index is 1.28. The molecular weight excluding hydrogens is 360 g/mol. The molecule has 5 rings (SSSR count). The summed E-state index contributed by atoms with van der Waals surface area (Å²) in [7, 11) is 0. The molecule has 4 nitrogen and oxygen atoms in total. The number of fused-ring (bicyclic) bond motifs is 2. The molecule has 0 aliphatic carbocycles. The molecule has 1 unspecified atom stereocenters. The molecule has 0 bridgehead atoms. The van der Waals surface area contributed by atoms with E-state index < -0.39 is 0 Å². The lowest BCUT2D eigenvalue weighted by atomic mass is 10.0. The van der Waals surface area contributed by atoms with Crippen LogP contribution in [0.1, 0.15) is 12.0 Å². The maximum absolute atomic E-state index is 12.9. The Kier molecular flexibility index (Phi) is 4.60. The van der Waals surface area contributed by atoms with Crippen LogP contribution in [0.2, 0.25) is 0 Å². The topological polar surface area (TPSA) is 42.4 Å². The number of carbonyl (C=O) groups excluding carboxylic acids is 1. The Labute approximate surface area is 169 Å². The lowest BCUT2D eigenvalue weighted by molar-refractivity contribution is -0.129. The third-order valence-electron chi connectivity index (χ3n) is 5.61. The number of rotatable bonds is 4. The van der Waals surface area contributed by atoms with Gasteiger partial charge in [-0.25, -0.2) is 0 Å². The smallest absolute Gasteiger partial charge is 0.227 e. The normalized spacial score (nSPS) is 16.4. The van der Waals surface area contributed by atoms with E-state index in [1.165, 1.54) is 5.39 Å². The predicted octanol–water partition coefficient (Wildman–Crippen LogP) is 4.61. The van der Waals surface area contributed by atoms with Crippen LogP contribution in [-0.4, -0.2) is 35.0 Å². The van der Waals surface area contributed by atoms with E-state index in [9.17, 15) is 4.79 Å². The van der Waals surface area contributed by atoms with Gasteiger partial charge in [-0.1, -0.05) is 60.7 Å². The van der Waals surface area contributed by atoms with Crippen LogP contribution in [0.15, 0.2) is 79.0 Å². The molecule has 4 aromatic rings. The quantitative estimate of drug-likeness (QED) is 0.518. The molecule has 1 atom stereocenters. The Morgan fingerprint density at radius 3 is 2.72 bits per heavy atom. The van der Waals surface area contributed by atoms with Crippen LogP contribution in [0.25, 0.3) is 21.7 Å². The number of carbonyl (C=O) groups is 1. The van der Waals surface area contributed by atoms with Crippen molar-refractivity contribution in [2.24, 2.45) is 0 Å². The average molecular weight is 382 g/mol. The zero-order valence-electron chi connectivity index (χ0n) is 16.1. The highest BCUT2D eigenvalue weighted by Crippen LogP contribution is 2.27. The fourth-order valence-electron chi connectivity index (χ4n) is 4.12. The van der Waals surface area contributed by atoms with Crippen molar-refractivity contribution in [3.8, 4) is 5.75 Å². The van der Waals surface area contributed by atoms with Crippen molar-refractivity contribution >= 4 is 27.6 Å². The van der Waals surface area contributed by atoms with E-state index in [1.807, 2.05) is 59.5 Å². The van der Waals surface area contributed by atoms with Gasteiger partial charge < -0.3 is 9.64 Å². The van der Waals surface area contributed by atoms with Crippen molar-refractivity contribution in [3.63, 3.8) is 0 Å². The van der Waals surface area contributed by atoms with Crippen molar-refractivity contribution in [1.82, 2.24) is 9.88 Å². The first-order chi connectivity index (χ1) is 14.3. The molecule has 1 amide bonds. The van der Waals surface area contributed by atoms with Crippen molar-refractivity contribution in [1.29, 1.82) is 0 Å². The minimum absolute atomic E-state index is 0.000858. The van der Waals surface area contributed by atoms with Gasteiger partial charge >= 0.3 is 0 Å². The number of hydrogen-bond donors (Lipinski definition) is 0. The van der Waals surface area contributed by atoms with Crippen LogP contribution in [0, 0.1) is 0 Å². The van der Waals surface area contributed by atoms with Crippen LogP contribution in [0.4, 0.5) is 0 Å².